The molecule has 0 aromatic carbocycles. The predicted octanol–water partition coefficient (Wildman–Crippen LogP) is 2.28. The first kappa shape index (κ1) is 17.5. The van der Waals surface area contributed by atoms with Gasteiger partial charge < -0.3 is 15.0 Å². The standard InChI is InChI=1S/C20H28N4O2/c1-2-18-22-16-10-12-24(20(25)17-8-5-13-26-17)11-9-15(16)19(23-18)21-14-6-3-4-7-14/h3-4,14,17H,2,5-13H2,1H3,(H,21,22,23)/t17-/m1/s1. The number of aromatic nitrogens is 2. The highest BCUT2D eigenvalue weighted by Gasteiger charge is 2.30. The van der Waals surface area contributed by atoms with Gasteiger partial charge >= 0.3 is 0 Å². The van der Waals surface area contributed by atoms with E-state index in [4.69, 9.17) is 14.7 Å². The molecule has 1 N–H and O–H groups in total. The van der Waals surface area contributed by atoms with Gasteiger partial charge in [0, 0.05) is 44.1 Å². The second kappa shape index (κ2) is 7.74. The van der Waals surface area contributed by atoms with Crippen molar-refractivity contribution in [2.24, 2.45) is 0 Å². The Kier molecular flexibility index (Phi) is 5.20. The number of carbonyl (C=O) groups excluding carboxylic acids is 1. The van der Waals surface area contributed by atoms with Gasteiger partial charge in [0.15, 0.2) is 0 Å². The first-order chi connectivity index (χ1) is 12.7. The molecular formula is C20H28N4O2. The van der Waals surface area contributed by atoms with E-state index in [0.29, 0.717) is 12.6 Å². The maximum absolute atomic E-state index is 12.7. The van der Waals surface area contributed by atoms with Gasteiger partial charge in [-0.1, -0.05) is 19.1 Å². The molecule has 1 aromatic heterocycles. The largest absolute Gasteiger partial charge is 0.368 e. The normalized spacial score (nSPS) is 23.1. The zero-order chi connectivity index (χ0) is 17.9. The number of aryl methyl sites for hydroxylation is 1. The average Bonchev–Trinajstić information content (AvgIpc) is 3.32. The van der Waals surface area contributed by atoms with E-state index in [2.05, 4.69) is 24.4 Å². The summed E-state index contributed by atoms with van der Waals surface area (Å²) in [5.41, 5.74) is 2.30. The molecule has 6 nitrogen and oxygen atoms in total. The third-order valence-corrected chi connectivity index (χ3v) is 5.57. The molecule has 1 atom stereocenters. The molecule has 4 rings (SSSR count). The van der Waals surface area contributed by atoms with Crippen molar-refractivity contribution in [2.45, 2.75) is 64.0 Å². The molecule has 0 unspecified atom stereocenters. The van der Waals surface area contributed by atoms with E-state index in [1.165, 1.54) is 5.56 Å². The van der Waals surface area contributed by atoms with Crippen molar-refractivity contribution < 1.29 is 9.53 Å². The smallest absolute Gasteiger partial charge is 0.251 e. The molecule has 3 heterocycles. The quantitative estimate of drug-likeness (QED) is 0.839. The van der Waals surface area contributed by atoms with Gasteiger partial charge in [-0.15, -0.1) is 0 Å². The Morgan fingerprint density at radius 3 is 2.81 bits per heavy atom. The predicted molar refractivity (Wildman–Crippen MR) is 100 cm³/mol. The van der Waals surface area contributed by atoms with Crippen LogP contribution in [0, 0.1) is 0 Å². The van der Waals surface area contributed by atoms with Crippen LogP contribution in [-0.4, -0.2) is 52.6 Å². The van der Waals surface area contributed by atoms with Crippen LogP contribution in [0.3, 0.4) is 0 Å². The number of carbonyl (C=O) groups is 1. The molecule has 26 heavy (non-hydrogen) atoms. The van der Waals surface area contributed by atoms with E-state index in [1.54, 1.807) is 0 Å². The van der Waals surface area contributed by atoms with Crippen LogP contribution in [0.15, 0.2) is 12.2 Å². The number of hydrogen-bond donors (Lipinski definition) is 1. The topological polar surface area (TPSA) is 67.4 Å². The molecule has 1 aromatic rings. The number of nitrogens with zero attached hydrogens (tertiary/aromatic N) is 3. The van der Waals surface area contributed by atoms with Gasteiger partial charge in [-0.25, -0.2) is 9.97 Å². The van der Waals surface area contributed by atoms with Gasteiger partial charge in [-0.3, -0.25) is 4.79 Å². The molecule has 6 heteroatoms. The number of nitrogens with one attached hydrogen (secondary N) is 1. The van der Waals surface area contributed by atoms with E-state index in [1.807, 2.05) is 4.90 Å². The summed E-state index contributed by atoms with van der Waals surface area (Å²) in [6.07, 6.45) is 10.6. The average molecular weight is 356 g/mol. The fourth-order valence-electron chi connectivity index (χ4n) is 4.05. The number of amides is 1. The molecule has 0 saturated carbocycles. The Bertz CT molecular complexity index is 689. The number of anilines is 1. The summed E-state index contributed by atoms with van der Waals surface area (Å²) in [5, 5.41) is 3.63. The van der Waals surface area contributed by atoms with Crippen molar-refractivity contribution >= 4 is 11.7 Å². The van der Waals surface area contributed by atoms with E-state index >= 15 is 0 Å². The second-order valence-electron chi connectivity index (χ2n) is 7.38. The van der Waals surface area contributed by atoms with E-state index < -0.39 is 0 Å². The summed E-state index contributed by atoms with van der Waals surface area (Å²) < 4.78 is 5.60. The minimum absolute atomic E-state index is 0.147. The SMILES string of the molecule is CCc1nc2c(c(NC3CC=CC3)n1)CCN(C(=O)[C@H]1CCCO1)CC2. The third kappa shape index (κ3) is 3.61. The highest BCUT2D eigenvalue weighted by atomic mass is 16.5. The minimum atomic E-state index is -0.240. The van der Waals surface area contributed by atoms with Crippen molar-refractivity contribution in [2.75, 3.05) is 25.0 Å². The Morgan fingerprint density at radius 1 is 1.27 bits per heavy atom. The highest BCUT2D eigenvalue weighted by molar-refractivity contribution is 5.81. The van der Waals surface area contributed by atoms with Gasteiger partial charge in [-0.05, 0) is 32.1 Å². The lowest BCUT2D eigenvalue weighted by Crippen LogP contribution is -2.40. The molecule has 140 valence electrons. The highest BCUT2D eigenvalue weighted by Crippen LogP contribution is 2.26. The summed E-state index contributed by atoms with van der Waals surface area (Å²) in [6.45, 7) is 4.24. The Balaban J connectivity index is 1.53. The zero-order valence-electron chi connectivity index (χ0n) is 15.5. The Hall–Kier alpha value is -1.95. The monoisotopic (exact) mass is 356 g/mol. The Labute approximate surface area is 155 Å². The van der Waals surface area contributed by atoms with Crippen LogP contribution in [-0.2, 0) is 28.8 Å². The molecule has 1 aliphatic carbocycles. The molecule has 0 bridgehead atoms. The lowest BCUT2D eigenvalue weighted by atomic mass is 10.1. The first-order valence-corrected chi connectivity index (χ1v) is 9.95. The van der Waals surface area contributed by atoms with Gasteiger partial charge in [0.2, 0.25) is 0 Å². The van der Waals surface area contributed by atoms with Gasteiger partial charge in [0.05, 0.1) is 5.69 Å². The van der Waals surface area contributed by atoms with E-state index in [0.717, 1.165) is 75.4 Å². The van der Waals surface area contributed by atoms with Crippen LogP contribution in [0.25, 0.3) is 0 Å². The Morgan fingerprint density at radius 2 is 2.08 bits per heavy atom. The molecule has 2 aliphatic heterocycles. The van der Waals surface area contributed by atoms with Crippen LogP contribution >= 0.6 is 0 Å². The van der Waals surface area contributed by atoms with E-state index in [9.17, 15) is 4.79 Å². The maximum atomic E-state index is 12.7. The van der Waals surface area contributed by atoms with Crippen molar-refractivity contribution in [3.8, 4) is 0 Å². The van der Waals surface area contributed by atoms with Crippen molar-refractivity contribution in [3.63, 3.8) is 0 Å². The molecule has 3 aliphatic rings. The fourth-order valence-corrected chi connectivity index (χ4v) is 4.05. The summed E-state index contributed by atoms with van der Waals surface area (Å²) in [4.78, 5) is 24.3. The zero-order valence-corrected chi connectivity index (χ0v) is 15.5. The fraction of sp³-hybridized carbons (Fsp3) is 0.650. The van der Waals surface area contributed by atoms with Gasteiger partial charge in [0.1, 0.15) is 17.7 Å². The molecular weight excluding hydrogens is 328 g/mol. The first-order valence-electron chi connectivity index (χ1n) is 9.95. The molecule has 1 amide bonds. The van der Waals surface area contributed by atoms with Crippen LogP contribution in [0.5, 0.6) is 0 Å². The summed E-state index contributed by atoms with van der Waals surface area (Å²) in [7, 11) is 0. The van der Waals surface area contributed by atoms with Crippen LogP contribution < -0.4 is 5.32 Å². The van der Waals surface area contributed by atoms with E-state index in [-0.39, 0.29) is 12.0 Å². The van der Waals surface area contributed by atoms with Gasteiger partial charge in [0.25, 0.3) is 5.91 Å². The van der Waals surface area contributed by atoms with Crippen LogP contribution in [0.2, 0.25) is 0 Å². The lowest BCUT2D eigenvalue weighted by molar-refractivity contribution is -0.140. The summed E-state index contributed by atoms with van der Waals surface area (Å²) in [5.74, 6) is 2.01. The lowest BCUT2D eigenvalue weighted by Gasteiger charge is -2.23. The second-order valence-corrected chi connectivity index (χ2v) is 7.38. The van der Waals surface area contributed by atoms with Crippen molar-refractivity contribution in [1.82, 2.24) is 14.9 Å². The number of fused-ring (bicyclic) bond motifs is 1. The third-order valence-electron chi connectivity index (χ3n) is 5.57. The molecule has 1 saturated heterocycles. The number of ether oxygens (including phenoxy) is 1. The van der Waals surface area contributed by atoms with Crippen LogP contribution in [0.4, 0.5) is 5.82 Å². The number of hydrogen-bond acceptors (Lipinski definition) is 5. The van der Waals surface area contributed by atoms with Gasteiger partial charge in [-0.2, -0.15) is 0 Å². The van der Waals surface area contributed by atoms with Crippen LogP contribution in [0.1, 0.15) is 49.7 Å². The summed E-state index contributed by atoms with van der Waals surface area (Å²) in [6, 6.07) is 0.423. The minimum Gasteiger partial charge on any atom is -0.368 e. The molecule has 0 radical (unpaired) electrons. The molecule has 1 fully saturated rings. The van der Waals surface area contributed by atoms with Crippen molar-refractivity contribution in [3.05, 3.63) is 29.2 Å². The number of rotatable bonds is 4. The molecule has 0 spiro atoms. The maximum Gasteiger partial charge on any atom is 0.251 e. The van der Waals surface area contributed by atoms with Crippen molar-refractivity contribution in [1.29, 1.82) is 0 Å². The summed E-state index contributed by atoms with van der Waals surface area (Å²) >= 11 is 0.